The fraction of sp³-hybridized carbons (Fsp3) is 0.294. The zero-order chi connectivity index (χ0) is 18.2. The summed E-state index contributed by atoms with van der Waals surface area (Å²) in [5, 5.41) is 9.07. The highest BCUT2D eigenvalue weighted by molar-refractivity contribution is 7.98. The monoisotopic (exact) mass is 398 g/mol. The summed E-state index contributed by atoms with van der Waals surface area (Å²) in [5.74, 6) is 0.261. The molecule has 0 fully saturated rings. The van der Waals surface area contributed by atoms with Gasteiger partial charge in [-0.2, -0.15) is 11.8 Å². The van der Waals surface area contributed by atoms with Crippen molar-refractivity contribution in [3.63, 3.8) is 0 Å². The first-order valence-electron chi connectivity index (χ1n) is 7.56. The minimum Gasteiger partial charge on any atom is -0.465 e. The number of hydrogen-bond acceptors (Lipinski definition) is 5. The van der Waals surface area contributed by atoms with Gasteiger partial charge < -0.3 is 15.4 Å². The molecule has 0 atom stereocenters. The molecule has 4 nitrogen and oxygen atoms in total. The van der Waals surface area contributed by atoms with Gasteiger partial charge in [0.1, 0.15) is 16.4 Å². The Balaban J connectivity index is 2.19. The summed E-state index contributed by atoms with van der Waals surface area (Å²) in [5.41, 5.74) is 1.82. The van der Waals surface area contributed by atoms with Crippen molar-refractivity contribution in [2.45, 2.75) is 6.42 Å². The fourth-order valence-corrected chi connectivity index (χ4v) is 3.83. The number of carbonyl (C=O) groups is 1. The number of ether oxygens (including phenoxy) is 1. The van der Waals surface area contributed by atoms with Gasteiger partial charge in [-0.25, -0.2) is 9.18 Å². The lowest BCUT2D eigenvalue weighted by Gasteiger charge is -2.11. The lowest BCUT2D eigenvalue weighted by atomic mass is 10.0. The Labute approximate surface area is 160 Å². The number of rotatable bonds is 7. The lowest BCUT2D eigenvalue weighted by Crippen LogP contribution is -2.29. The number of anilines is 1. The second-order valence-electron chi connectivity index (χ2n) is 5.08. The van der Waals surface area contributed by atoms with Crippen LogP contribution in [-0.2, 0) is 4.74 Å². The molecular weight excluding hydrogens is 379 g/mol. The number of esters is 1. The maximum absolute atomic E-state index is 13.1. The number of halogens is 1. The Morgan fingerprint density at radius 3 is 2.72 bits per heavy atom. The van der Waals surface area contributed by atoms with Gasteiger partial charge in [0.25, 0.3) is 0 Å². The summed E-state index contributed by atoms with van der Waals surface area (Å²) in [6.07, 6.45) is 3.06. The number of thioether (sulfide) groups is 1. The Morgan fingerprint density at radius 1 is 1.36 bits per heavy atom. The zero-order valence-corrected chi connectivity index (χ0v) is 16.4. The summed E-state index contributed by atoms with van der Waals surface area (Å²) >= 11 is 8.42. The molecule has 1 heterocycles. The number of nitrogens with one attached hydrogen (secondary N) is 2. The van der Waals surface area contributed by atoms with Crippen LogP contribution in [0.5, 0.6) is 0 Å². The Morgan fingerprint density at radius 2 is 2.08 bits per heavy atom. The molecule has 0 saturated heterocycles. The quantitative estimate of drug-likeness (QED) is 0.410. The summed E-state index contributed by atoms with van der Waals surface area (Å²) in [6, 6.07) is 5.98. The van der Waals surface area contributed by atoms with Crippen molar-refractivity contribution >= 4 is 51.4 Å². The number of thiocarbonyl (C=S) groups is 1. The highest BCUT2D eigenvalue weighted by Crippen LogP contribution is 2.36. The highest BCUT2D eigenvalue weighted by atomic mass is 32.2. The van der Waals surface area contributed by atoms with Gasteiger partial charge in [0.2, 0.25) is 0 Å². The first-order chi connectivity index (χ1) is 12.1. The molecule has 25 heavy (non-hydrogen) atoms. The minimum absolute atomic E-state index is 0.326. The third kappa shape index (κ3) is 5.42. The van der Waals surface area contributed by atoms with Crippen LogP contribution in [0.4, 0.5) is 9.39 Å². The number of thiophene rings is 1. The molecule has 2 rings (SSSR count). The van der Waals surface area contributed by atoms with Crippen LogP contribution in [0.25, 0.3) is 11.1 Å². The molecule has 0 bridgehead atoms. The van der Waals surface area contributed by atoms with Crippen molar-refractivity contribution in [1.82, 2.24) is 5.32 Å². The average Bonchev–Trinajstić information content (AvgIpc) is 3.02. The third-order valence-corrected chi connectivity index (χ3v) is 5.21. The second-order valence-corrected chi connectivity index (χ2v) is 7.35. The topological polar surface area (TPSA) is 50.4 Å². The Kier molecular flexibility index (Phi) is 7.67. The summed E-state index contributed by atoms with van der Waals surface area (Å²) < 4.78 is 18.1. The molecule has 0 radical (unpaired) electrons. The van der Waals surface area contributed by atoms with Crippen LogP contribution < -0.4 is 10.6 Å². The average molecular weight is 399 g/mol. The smallest absolute Gasteiger partial charge is 0.341 e. The van der Waals surface area contributed by atoms with Crippen LogP contribution in [0.1, 0.15) is 16.8 Å². The van der Waals surface area contributed by atoms with Gasteiger partial charge in [0.15, 0.2) is 5.11 Å². The molecule has 0 aliphatic carbocycles. The van der Waals surface area contributed by atoms with Crippen molar-refractivity contribution in [3.05, 3.63) is 41.0 Å². The van der Waals surface area contributed by atoms with Crippen molar-refractivity contribution < 1.29 is 13.9 Å². The molecule has 1 aromatic carbocycles. The Bertz CT molecular complexity index is 732. The largest absolute Gasteiger partial charge is 0.465 e. The summed E-state index contributed by atoms with van der Waals surface area (Å²) in [7, 11) is 1.33. The van der Waals surface area contributed by atoms with Gasteiger partial charge in [-0.1, -0.05) is 12.1 Å². The van der Waals surface area contributed by atoms with Crippen molar-refractivity contribution in [2.24, 2.45) is 0 Å². The molecule has 0 saturated carbocycles. The van der Waals surface area contributed by atoms with Gasteiger partial charge in [-0.15, -0.1) is 11.3 Å². The maximum atomic E-state index is 13.1. The van der Waals surface area contributed by atoms with Gasteiger partial charge >= 0.3 is 5.97 Å². The van der Waals surface area contributed by atoms with Gasteiger partial charge in [-0.05, 0) is 48.3 Å². The molecule has 0 spiro atoms. The van der Waals surface area contributed by atoms with E-state index in [0.29, 0.717) is 21.2 Å². The van der Waals surface area contributed by atoms with Crippen LogP contribution in [0.2, 0.25) is 0 Å². The Hall–Kier alpha value is -1.64. The maximum Gasteiger partial charge on any atom is 0.341 e. The van der Waals surface area contributed by atoms with Crippen LogP contribution in [0, 0.1) is 5.82 Å². The molecule has 2 N–H and O–H groups in total. The third-order valence-electron chi connectivity index (χ3n) is 3.37. The molecular formula is C17H19FN2O2S3. The van der Waals surface area contributed by atoms with Crippen LogP contribution >= 0.6 is 35.3 Å². The van der Waals surface area contributed by atoms with Crippen molar-refractivity contribution in [3.8, 4) is 11.1 Å². The van der Waals surface area contributed by atoms with Gasteiger partial charge in [0.05, 0.1) is 7.11 Å². The molecule has 1 aromatic heterocycles. The van der Waals surface area contributed by atoms with E-state index >= 15 is 0 Å². The number of hydrogen-bond donors (Lipinski definition) is 2. The van der Waals surface area contributed by atoms with E-state index < -0.39 is 5.97 Å². The fourth-order valence-electron chi connectivity index (χ4n) is 2.16. The van der Waals surface area contributed by atoms with Gasteiger partial charge in [0, 0.05) is 17.5 Å². The SMILES string of the molecule is COC(=O)c1c(-c2ccc(F)cc2)csc1NC(=S)NCCCSC. The lowest BCUT2D eigenvalue weighted by molar-refractivity contribution is 0.0603. The molecule has 2 aromatic rings. The van der Waals surface area contributed by atoms with Crippen molar-refractivity contribution in [1.29, 1.82) is 0 Å². The first-order valence-corrected chi connectivity index (χ1v) is 10.2. The van der Waals surface area contributed by atoms with Crippen LogP contribution in [0.3, 0.4) is 0 Å². The highest BCUT2D eigenvalue weighted by Gasteiger charge is 2.21. The molecule has 8 heteroatoms. The van der Waals surface area contributed by atoms with E-state index in [1.54, 1.807) is 23.9 Å². The molecule has 0 aliphatic rings. The van der Waals surface area contributed by atoms with E-state index in [2.05, 4.69) is 16.9 Å². The van der Waals surface area contributed by atoms with Gasteiger partial charge in [-0.3, -0.25) is 0 Å². The predicted molar refractivity (Wildman–Crippen MR) is 108 cm³/mol. The second kappa shape index (κ2) is 9.74. The van der Waals surface area contributed by atoms with E-state index in [1.807, 2.05) is 5.38 Å². The van der Waals surface area contributed by atoms with E-state index in [0.717, 1.165) is 24.3 Å². The molecule has 0 unspecified atom stereocenters. The minimum atomic E-state index is -0.465. The van der Waals surface area contributed by atoms with Crippen molar-refractivity contribution in [2.75, 3.05) is 31.0 Å². The number of methoxy groups -OCH3 is 1. The predicted octanol–water partition coefficient (Wildman–Crippen LogP) is 4.38. The van der Waals surface area contributed by atoms with E-state index in [1.165, 1.54) is 30.6 Å². The normalized spacial score (nSPS) is 10.4. The standard InChI is InChI=1S/C17H19FN2O2S3/c1-22-16(21)14-13(11-4-6-12(18)7-5-11)10-25-15(14)20-17(23)19-8-3-9-24-2/h4-7,10H,3,8-9H2,1-2H3,(H2,19,20,23). The number of benzene rings is 1. The first kappa shape index (κ1) is 19.7. The van der Waals surface area contributed by atoms with Crippen LogP contribution in [-0.4, -0.2) is 36.7 Å². The molecule has 0 aliphatic heterocycles. The van der Waals surface area contributed by atoms with E-state index in [9.17, 15) is 9.18 Å². The van der Waals surface area contributed by atoms with E-state index in [-0.39, 0.29) is 5.82 Å². The van der Waals surface area contributed by atoms with E-state index in [4.69, 9.17) is 17.0 Å². The van der Waals surface area contributed by atoms with Crippen LogP contribution in [0.15, 0.2) is 29.6 Å². The number of carbonyl (C=O) groups excluding carboxylic acids is 1. The summed E-state index contributed by atoms with van der Waals surface area (Å²) in [4.78, 5) is 12.2. The zero-order valence-electron chi connectivity index (χ0n) is 13.9. The molecule has 134 valence electrons. The molecule has 0 amide bonds. The summed E-state index contributed by atoms with van der Waals surface area (Å²) in [6.45, 7) is 0.760.